The van der Waals surface area contributed by atoms with E-state index in [2.05, 4.69) is 27.6 Å². The van der Waals surface area contributed by atoms with Gasteiger partial charge in [0.15, 0.2) is 17.7 Å². The smallest absolute Gasteiger partial charge is 0.313 e. The highest BCUT2D eigenvalue weighted by atomic mass is 32.1. The van der Waals surface area contributed by atoms with Gasteiger partial charge in [-0.3, -0.25) is 9.36 Å². The molecule has 1 aliphatic heterocycles. The third kappa shape index (κ3) is 2.59. The molecule has 3 heterocycles. The summed E-state index contributed by atoms with van der Waals surface area (Å²) in [6.45, 7) is 1.44. The summed E-state index contributed by atoms with van der Waals surface area (Å²) in [6, 6.07) is 0. The Bertz CT molecular complexity index is 783. The number of aliphatic hydroxyl groups excluding tert-OH is 2. The summed E-state index contributed by atoms with van der Waals surface area (Å²) in [6.07, 6.45) is -2.56. The molecule has 0 amide bonds. The van der Waals surface area contributed by atoms with Crippen LogP contribution in [0.5, 0.6) is 0 Å². The van der Waals surface area contributed by atoms with Crippen molar-refractivity contribution in [1.29, 1.82) is 0 Å². The van der Waals surface area contributed by atoms with Gasteiger partial charge in [0.2, 0.25) is 0 Å². The highest BCUT2D eigenvalue weighted by molar-refractivity contribution is 7.80. The summed E-state index contributed by atoms with van der Waals surface area (Å²) in [5.41, 5.74) is 6.32. The maximum atomic E-state index is 11.2. The van der Waals surface area contributed by atoms with Crippen LogP contribution in [0.1, 0.15) is 24.9 Å². The quantitative estimate of drug-likeness (QED) is 0.440. The number of anilines is 1. The molecule has 0 aromatic carbocycles. The van der Waals surface area contributed by atoms with Crippen LogP contribution in [0.4, 0.5) is 5.82 Å². The zero-order valence-electron chi connectivity index (χ0n) is 12.6. The lowest BCUT2D eigenvalue weighted by Crippen LogP contribution is -2.32. The Kier molecular flexibility index (Phi) is 4.34. The maximum absolute atomic E-state index is 11.2. The number of rotatable bonds is 4. The van der Waals surface area contributed by atoms with Crippen molar-refractivity contribution in [1.82, 2.24) is 19.5 Å². The molecular formula is C13H17N5O5S. The van der Waals surface area contributed by atoms with Crippen LogP contribution in [0.25, 0.3) is 11.2 Å². The Labute approximate surface area is 141 Å². The van der Waals surface area contributed by atoms with Gasteiger partial charge >= 0.3 is 5.97 Å². The molecule has 11 heteroatoms. The molecule has 130 valence electrons. The van der Waals surface area contributed by atoms with Crippen LogP contribution < -0.4 is 5.73 Å². The fourth-order valence-electron chi connectivity index (χ4n) is 2.56. The molecule has 10 nitrogen and oxygen atoms in total. The predicted octanol–water partition coefficient (Wildman–Crippen LogP) is -0.854. The molecule has 5 atom stereocenters. The van der Waals surface area contributed by atoms with E-state index in [9.17, 15) is 15.0 Å². The molecule has 1 unspecified atom stereocenters. The van der Waals surface area contributed by atoms with Crippen molar-refractivity contribution < 1.29 is 24.9 Å². The number of fused-ring (bicyclic) bond motifs is 1. The van der Waals surface area contributed by atoms with Crippen molar-refractivity contribution in [2.75, 3.05) is 11.5 Å². The molecule has 5 N–H and O–H groups in total. The van der Waals surface area contributed by atoms with Crippen molar-refractivity contribution in [3.05, 3.63) is 12.2 Å². The molecule has 0 aliphatic carbocycles. The second-order valence-electron chi connectivity index (χ2n) is 5.58. The van der Waals surface area contributed by atoms with Gasteiger partial charge in [0.05, 0.1) is 12.4 Å². The molecule has 0 spiro atoms. The van der Waals surface area contributed by atoms with E-state index in [1.807, 2.05) is 0 Å². The average molecular weight is 355 g/mol. The molecule has 0 saturated carbocycles. The van der Waals surface area contributed by atoms with Crippen LogP contribution in [0.3, 0.4) is 0 Å². The maximum Gasteiger partial charge on any atom is 0.313 e. The molecule has 0 radical (unpaired) electrons. The van der Waals surface area contributed by atoms with Crippen molar-refractivity contribution in [2.45, 2.75) is 37.4 Å². The van der Waals surface area contributed by atoms with Crippen LogP contribution in [-0.2, 0) is 9.53 Å². The molecule has 0 bridgehead atoms. The minimum absolute atomic E-state index is 0.0213. The van der Waals surface area contributed by atoms with Gasteiger partial charge in [-0.25, -0.2) is 15.0 Å². The number of nitrogen functional groups attached to an aromatic ring is 1. The van der Waals surface area contributed by atoms with E-state index in [1.54, 1.807) is 0 Å². The van der Waals surface area contributed by atoms with Crippen molar-refractivity contribution in [3.63, 3.8) is 0 Å². The zero-order chi connectivity index (χ0) is 17.6. The molecule has 1 fully saturated rings. The number of hydrogen-bond donors (Lipinski definition) is 5. The fourth-order valence-corrected chi connectivity index (χ4v) is 2.86. The Hall–Kier alpha value is -1.95. The zero-order valence-corrected chi connectivity index (χ0v) is 13.5. The first-order valence-electron chi connectivity index (χ1n) is 7.20. The van der Waals surface area contributed by atoms with Gasteiger partial charge in [-0.2, -0.15) is 12.6 Å². The molecular weight excluding hydrogens is 338 g/mol. The lowest BCUT2D eigenvalue weighted by atomic mass is 10.1. The van der Waals surface area contributed by atoms with Crippen molar-refractivity contribution in [2.24, 2.45) is 0 Å². The number of imidazole rings is 1. The number of aromatic nitrogens is 4. The van der Waals surface area contributed by atoms with Gasteiger partial charge < -0.3 is 25.8 Å². The van der Waals surface area contributed by atoms with Crippen LogP contribution in [-0.4, -0.2) is 64.9 Å². The number of thiol groups is 1. The first kappa shape index (κ1) is 16.9. The number of carboxylic acid groups (broad SMARTS) is 1. The van der Waals surface area contributed by atoms with Gasteiger partial charge in [0.1, 0.15) is 29.5 Å². The summed E-state index contributed by atoms with van der Waals surface area (Å²) in [5, 5.41) is 29.3. The fraction of sp³-hybridized carbons (Fsp3) is 0.538. The van der Waals surface area contributed by atoms with Crippen molar-refractivity contribution in [3.8, 4) is 0 Å². The Balaban J connectivity index is 2.08. The summed E-state index contributed by atoms with van der Waals surface area (Å²) in [5.74, 6) is -1.79. The summed E-state index contributed by atoms with van der Waals surface area (Å²) >= 11 is 4.08. The van der Waals surface area contributed by atoms with Crippen LogP contribution >= 0.6 is 12.6 Å². The first-order chi connectivity index (χ1) is 11.3. The molecule has 1 saturated heterocycles. The number of nitrogens with zero attached hydrogens (tertiary/aromatic N) is 4. The van der Waals surface area contributed by atoms with Gasteiger partial charge in [-0.05, 0) is 6.92 Å². The van der Waals surface area contributed by atoms with E-state index in [0.29, 0.717) is 0 Å². The van der Waals surface area contributed by atoms with E-state index < -0.39 is 36.4 Å². The second-order valence-corrected chi connectivity index (χ2v) is 5.95. The largest absolute Gasteiger partial charge is 0.481 e. The molecule has 3 rings (SSSR count). The second kappa shape index (κ2) is 6.16. The minimum atomic E-state index is -1.21. The number of nitrogens with two attached hydrogens (primary N) is 1. The first-order valence-corrected chi connectivity index (χ1v) is 7.83. The Morgan fingerprint density at radius 1 is 1.46 bits per heavy atom. The van der Waals surface area contributed by atoms with E-state index in [-0.39, 0.29) is 28.6 Å². The van der Waals surface area contributed by atoms with Crippen LogP contribution in [0.15, 0.2) is 6.33 Å². The Morgan fingerprint density at radius 3 is 2.75 bits per heavy atom. The van der Waals surface area contributed by atoms with Crippen molar-refractivity contribution >= 4 is 35.6 Å². The minimum Gasteiger partial charge on any atom is -0.481 e. The third-order valence-corrected chi connectivity index (χ3v) is 4.37. The highest BCUT2D eigenvalue weighted by Gasteiger charge is 2.43. The standard InChI is InChI=1S/C13H17N5O5S/c1-4(13(21)22)10-16-9(14)6-11(17-10)18(3-15-6)12-8(20)7(19)5(2-24)23-12/h3-5,7-8,12,19-20,24H,2H2,1H3,(H,21,22)(H2,14,16,17)/t4?,5-,7-,8-,12-/m1/s1. The Morgan fingerprint density at radius 2 is 2.17 bits per heavy atom. The van der Waals surface area contributed by atoms with Gasteiger partial charge in [0.25, 0.3) is 0 Å². The molecule has 2 aromatic heterocycles. The normalized spacial score (nSPS) is 28.3. The predicted molar refractivity (Wildman–Crippen MR) is 85.6 cm³/mol. The van der Waals surface area contributed by atoms with Crippen LogP contribution in [0.2, 0.25) is 0 Å². The van der Waals surface area contributed by atoms with E-state index in [0.717, 1.165) is 0 Å². The van der Waals surface area contributed by atoms with Gasteiger partial charge in [-0.15, -0.1) is 0 Å². The van der Waals surface area contributed by atoms with E-state index in [4.69, 9.17) is 15.6 Å². The van der Waals surface area contributed by atoms with Gasteiger partial charge in [0, 0.05) is 5.75 Å². The van der Waals surface area contributed by atoms with Crippen LogP contribution in [0, 0.1) is 0 Å². The lowest BCUT2D eigenvalue weighted by Gasteiger charge is -2.17. The van der Waals surface area contributed by atoms with E-state index in [1.165, 1.54) is 17.8 Å². The monoisotopic (exact) mass is 355 g/mol. The number of carbonyl (C=O) groups is 1. The number of carboxylic acids is 1. The molecule has 2 aromatic rings. The average Bonchev–Trinajstić information content (AvgIpc) is 3.09. The third-order valence-electron chi connectivity index (χ3n) is 4.01. The molecule has 24 heavy (non-hydrogen) atoms. The summed E-state index contributed by atoms with van der Waals surface area (Å²) in [4.78, 5) is 23.4. The highest BCUT2D eigenvalue weighted by Crippen LogP contribution is 2.32. The van der Waals surface area contributed by atoms with Gasteiger partial charge in [-0.1, -0.05) is 0 Å². The number of aliphatic carboxylic acids is 1. The van der Waals surface area contributed by atoms with E-state index >= 15 is 0 Å². The topological polar surface area (TPSA) is 157 Å². The summed E-state index contributed by atoms with van der Waals surface area (Å²) in [7, 11) is 0. The summed E-state index contributed by atoms with van der Waals surface area (Å²) < 4.78 is 7.01. The number of hydrogen-bond acceptors (Lipinski definition) is 9. The number of ether oxygens (including phenoxy) is 1. The molecule has 1 aliphatic rings. The lowest BCUT2D eigenvalue weighted by molar-refractivity contribution is -0.138. The SMILES string of the molecule is CC(C(=O)O)c1nc(N)c2ncn([C@@H]3O[C@H](CS)[C@@H](O)[C@H]3O)c2n1. The number of aliphatic hydroxyl groups is 2.